The molecule has 2 rings (SSSR count). The Balaban J connectivity index is 1.82. The van der Waals surface area contributed by atoms with Crippen molar-refractivity contribution in [2.45, 2.75) is 19.4 Å². The summed E-state index contributed by atoms with van der Waals surface area (Å²) < 4.78 is 5.58. The summed E-state index contributed by atoms with van der Waals surface area (Å²) in [5, 5.41) is 3.00. The minimum absolute atomic E-state index is 0.00989. The predicted molar refractivity (Wildman–Crippen MR) is 95.0 cm³/mol. The van der Waals surface area contributed by atoms with Crippen LogP contribution in [0.15, 0.2) is 48.8 Å². The largest absolute Gasteiger partial charge is 0.492 e. The maximum Gasteiger partial charge on any atom is 0.241 e. The van der Waals surface area contributed by atoms with E-state index in [1.54, 1.807) is 12.4 Å². The van der Waals surface area contributed by atoms with Crippen LogP contribution in [0.2, 0.25) is 0 Å². The lowest BCUT2D eigenvalue weighted by Gasteiger charge is -2.25. The van der Waals surface area contributed by atoms with E-state index in [2.05, 4.69) is 10.3 Å². The summed E-state index contributed by atoms with van der Waals surface area (Å²) in [5.74, 6) is 0.755. The summed E-state index contributed by atoms with van der Waals surface area (Å²) in [7, 11) is 3.84. The van der Waals surface area contributed by atoms with Gasteiger partial charge in [0.15, 0.2) is 0 Å². The average Bonchev–Trinajstić information content (AvgIpc) is 2.57. The van der Waals surface area contributed by atoms with Crippen LogP contribution in [0.4, 0.5) is 0 Å². The summed E-state index contributed by atoms with van der Waals surface area (Å²) >= 11 is 0. The Morgan fingerprint density at radius 2 is 2.04 bits per heavy atom. The van der Waals surface area contributed by atoms with Crippen molar-refractivity contribution in [3.8, 4) is 5.75 Å². The van der Waals surface area contributed by atoms with Gasteiger partial charge in [-0.2, -0.15) is 0 Å². The highest BCUT2D eigenvalue weighted by atomic mass is 16.5. The number of ether oxygens (including phenoxy) is 1. The third-order valence-electron chi connectivity index (χ3n) is 3.77. The molecule has 128 valence electrons. The Labute approximate surface area is 143 Å². The molecule has 1 amide bonds. The number of hydrogen-bond donors (Lipinski definition) is 1. The average molecular weight is 327 g/mol. The van der Waals surface area contributed by atoms with Gasteiger partial charge in [-0.25, -0.2) is 0 Å². The first-order valence-electron chi connectivity index (χ1n) is 8.12. The van der Waals surface area contributed by atoms with E-state index in [4.69, 9.17) is 4.74 Å². The van der Waals surface area contributed by atoms with Gasteiger partial charge in [0, 0.05) is 12.7 Å². The third-order valence-corrected chi connectivity index (χ3v) is 3.77. The highest BCUT2D eigenvalue weighted by Gasteiger charge is 2.23. The fourth-order valence-corrected chi connectivity index (χ4v) is 2.55. The van der Waals surface area contributed by atoms with Gasteiger partial charge >= 0.3 is 0 Å². The van der Waals surface area contributed by atoms with E-state index in [1.807, 2.05) is 62.3 Å². The monoisotopic (exact) mass is 327 g/mol. The van der Waals surface area contributed by atoms with E-state index in [-0.39, 0.29) is 11.9 Å². The number of pyridine rings is 1. The van der Waals surface area contributed by atoms with Gasteiger partial charge in [-0.1, -0.05) is 24.3 Å². The van der Waals surface area contributed by atoms with Crippen LogP contribution < -0.4 is 10.1 Å². The number of nitrogens with one attached hydrogen (secondary N) is 1. The van der Waals surface area contributed by atoms with Gasteiger partial charge in [0.25, 0.3) is 0 Å². The first-order valence-corrected chi connectivity index (χ1v) is 8.12. The van der Waals surface area contributed by atoms with Gasteiger partial charge in [0.05, 0.1) is 12.8 Å². The number of amides is 1. The fraction of sp³-hybridized carbons (Fsp3) is 0.368. The number of benzene rings is 1. The minimum atomic E-state index is -0.287. The number of likely N-dealkylation sites (N-methyl/N-ethyl adjacent to an activating group) is 1. The molecule has 0 aliphatic rings. The predicted octanol–water partition coefficient (Wildman–Crippen LogP) is 2.58. The van der Waals surface area contributed by atoms with Crippen molar-refractivity contribution < 1.29 is 9.53 Å². The molecule has 5 heteroatoms. The van der Waals surface area contributed by atoms with Gasteiger partial charge < -0.3 is 10.1 Å². The summed E-state index contributed by atoms with van der Waals surface area (Å²) in [4.78, 5) is 18.5. The second kappa shape index (κ2) is 9.03. The van der Waals surface area contributed by atoms with Crippen LogP contribution in [0.25, 0.3) is 0 Å². The molecule has 0 bridgehead atoms. The third kappa shape index (κ3) is 5.06. The van der Waals surface area contributed by atoms with Crippen LogP contribution in [0.5, 0.6) is 5.75 Å². The quantitative estimate of drug-likeness (QED) is 0.757. The van der Waals surface area contributed by atoms with Crippen LogP contribution in [0, 0.1) is 6.92 Å². The highest BCUT2D eigenvalue weighted by molar-refractivity contribution is 5.83. The number of carbonyl (C=O) groups is 1. The van der Waals surface area contributed by atoms with E-state index in [0.717, 1.165) is 23.3 Å². The number of aryl methyl sites for hydroxylation is 1. The zero-order chi connectivity index (χ0) is 17.4. The van der Waals surface area contributed by atoms with Crippen molar-refractivity contribution in [1.82, 2.24) is 15.2 Å². The van der Waals surface area contributed by atoms with Crippen LogP contribution in [-0.4, -0.2) is 43.0 Å². The summed E-state index contributed by atoms with van der Waals surface area (Å²) in [5.41, 5.74) is 2.15. The Hall–Kier alpha value is -2.40. The molecule has 1 aromatic heterocycles. The lowest BCUT2D eigenvalue weighted by atomic mass is 10.00. The molecule has 5 nitrogen and oxygen atoms in total. The second-order valence-electron chi connectivity index (χ2n) is 5.90. The Morgan fingerprint density at radius 3 is 2.71 bits per heavy atom. The van der Waals surface area contributed by atoms with Crippen molar-refractivity contribution in [2.24, 2.45) is 0 Å². The zero-order valence-corrected chi connectivity index (χ0v) is 14.5. The van der Waals surface area contributed by atoms with E-state index in [1.165, 1.54) is 0 Å². The zero-order valence-electron chi connectivity index (χ0n) is 14.5. The summed E-state index contributed by atoms with van der Waals surface area (Å²) in [6.07, 6.45) is 4.13. The Bertz CT molecular complexity index is 644. The molecule has 2 aromatic rings. The molecule has 0 saturated heterocycles. The second-order valence-corrected chi connectivity index (χ2v) is 5.90. The van der Waals surface area contributed by atoms with Gasteiger partial charge in [-0.3, -0.25) is 14.7 Å². The van der Waals surface area contributed by atoms with Crippen molar-refractivity contribution >= 4 is 5.91 Å². The standard InChI is InChI=1S/C19H25N3O2/c1-15-8-4-5-10-17(15)18(22(2)3)19(23)21-12-7-13-24-16-9-6-11-20-14-16/h4-6,8-11,14,18H,7,12-13H2,1-3H3,(H,21,23)/t18-/m0/s1. The SMILES string of the molecule is Cc1ccccc1[C@@H](C(=O)NCCCOc1cccnc1)N(C)C. The highest BCUT2D eigenvalue weighted by Crippen LogP contribution is 2.21. The molecular weight excluding hydrogens is 302 g/mol. The van der Waals surface area contributed by atoms with Crippen LogP contribution >= 0.6 is 0 Å². The Kier molecular flexibility index (Phi) is 6.75. The van der Waals surface area contributed by atoms with E-state index >= 15 is 0 Å². The molecule has 0 saturated carbocycles. The lowest BCUT2D eigenvalue weighted by Crippen LogP contribution is -2.38. The minimum Gasteiger partial charge on any atom is -0.492 e. The van der Waals surface area contributed by atoms with Crippen LogP contribution in [0.3, 0.4) is 0 Å². The maximum atomic E-state index is 12.6. The molecule has 0 aliphatic heterocycles. The molecule has 0 unspecified atom stereocenters. The first kappa shape index (κ1) is 17.9. The normalized spacial score (nSPS) is 12.0. The fourth-order valence-electron chi connectivity index (χ4n) is 2.55. The number of hydrogen-bond acceptors (Lipinski definition) is 4. The number of nitrogens with zero attached hydrogens (tertiary/aromatic N) is 2. The topological polar surface area (TPSA) is 54.5 Å². The van der Waals surface area contributed by atoms with Crippen LogP contribution in [-0.2, 0) is 4.79 Å². The maximum absolute atomic E-state index is 12.6. The van der Waals surface area contributed by atoms with Crippen LogP contribution in [0.1, 0.15) is 23.6 Å². The van der Waals surface area contributed by atoms with Crippen molar-refractivity contribution in [1.29, 1.82) is 0 Å². The number of carbonyl (C=O) groups excluding carboxylic acids is 1. The molecule has 1 heterocycles. The van der Waals surface area contributed by atoms with Gasteiger partial charge in [-0.05, 0) is 50.7 Å². The molecule has 0 aliphatic carbocycles. The Morgan fingerprint density at radius 1 is 1.25 bits per heavy atom. The van der Waals surface area contributed by atoms with Crippen molar-refractivity contribution in [3.63, 3.8) is 0 Å². The molecule has 0 radical (unpaired) electrons. The van der Waals surface area contributed by atoms with Gasteiger partial charge in [0.1, 0.15) is 11.8 Å². The molecule has 0 spiro atoms. The van der Waals surface area contributed by atoms with Crippen molar-refractivity contribution in [3.05, 3.63) is 59.9 Å². The van der Waals surface area contributed by atoms with Gasteiger partial charge in [0.2, 0.25) is 5.91 Å². The smallest absolute Gasteiger partial charge is 0.241 e. The molecular formula is C19H25N3O2. The molecule has 1 N–H and O–H groups in total. The van der Waals surface area contributed by atoms with E-state index in [0.29, 0.717) is 13.2 Å². The summed E-state index contributed by atoms with van der Waals surface area (Å²) in [6.45, 7) is 3.15. The molecule has 0 fully saturated rings. The number of aromatic nitrogens is 1. The molecule has 24 heavy (non-hydrogen) atoms. The summed E-state index contributed by atoms with van der Waals surface area (Å²) in [6, 6.07) is 11.4. The van der Waals surface area contributed by atoms with E-state index in [9.17, 15) is 4.79 Å². The van der Waals surface area contributed by atoms with Crippen molar-refractivity contribution in [2.75, 3.05) is 27.2 Å². The molecule has 1 atom stereocenters. The van der Waals surface area contributed by atoms with E-state index < -0.39 is 0 Å². The molecule has 1 aromatic carbocycles. The number of rotatable bonds is 8. The van der Waals surface area contributed by atoms with Gasteiger partial charge in [-0.15, -0.1) is 0 Å². The first-order chi connectivity index (χ1) is 11.6. The lowest BCUT2D eigenvalue weighted by molar-refractivity contribution is -0.125.